The minimum atomic E-state index is 0.741. The first-order valence-corrected chi connectivity index (χ1v) is 8.54. The van der Waals surface area contributed by atoms with Crippen molar-refractivity contribution in [2.24, 2.45) is 0 Å². The van der Waals surface area contributed by atoms with Crippen LogP contribution < -0.4 is 5.32 Å². The summed E-state index contributed by atoms with van der Waals surface area (Å²) in [4.78, 5) is 6.97. The predicted octanol–water partition coefficient (Wildman–Crippen LogP) is 3.68. The van der Waals surface area contributed by atoms with Gasteiger partial charge in [0.2, 0.25) is 0 Å². The van der Waals surface area contributed by atoms with Gasteiger partial charge in [-0.1, -0.05) is 23.7 Å². The van der Waals surface area contributed by atoms with Gasteiger partial charge in [0.15, 0.2) is 0 Å². The van der Waals surface area contributed by atoms with Crippen LogP contribution in [0.5, 0.6) is 0 Å². The first-order valence-electron chi connectivity index (χ1n) is 7.29. The quantitative estimate of drug-likeness (QED) is 0.843. The number of thiazole rings is 1. The van der Waals surface area contributed by atoms with Gasteiger partial charge in [-0.25, -0.2) is 4.98 Å². The topological polar surface area (TPSA) is 28.2 Å². The van der Waals surface area contributed by atoms with Crippen LogP contribution in [0.25, 0.3) is 0 Å². The van der Waals surface area contributed by atoms with Crippen LogP contribution in [0.4, 0.5) is 0 Å². The van der Waals surface area contributed by atoms with Crippen molar-refractivity contribution in [3.63, 3.8) is 0 Å². The Kier molecular flexibility index (Phi) is 4.91. The molecule has 1 aromatic heterocycles. The molecule has 1 heterocycles. The largest absolute Gasteiger partial charge is 0.308 e. The van der Waals surface area contributed by atoms with Crippen LogP contribution in [-0.4, -0.2) is 23.0 Å². The number of hydrogen-bond donors (Lipinski definition) is 1. The number of aromatic nitrogens is 1. The molecule has 0 radical (unpaired) electrons. The lowest BCUT2D eigenvalue weighted by atomic mass is 10.2. The van der Waals surface area contributed by atoms with Crippen LogP contribution >= 0.6 is 22.9 Å². The maximum atomic E-state index is 5.91. The molecule has 0 bridgehead atoms. The van der Waals surface area contributed by atoms with E-state index in [0.29, 0.717) is 0 Å². The normalized spacial score (nSPS) is 14.8. The molecule has 1 aliphatic carbocycles. The molecular weight excluding hydrogens is 302 g/mol. The molecule has 21 heavy (non-hydrogen) atoms. The van der Waals surface area contributed by atoms with Crippen LogP contribution in [0.1, 0.15) is 29.1 Å². The van der Waals surface area contributed by atoms with E-state index in [2.05, 4.69) is 34.8 Å². The van der Waals surface area contributed by atoms with E-state index in [-0.39, 0.29) is 0 Å². The molecular formula is C16H20ClN3S. The smallest absolute Gasteiger partial charge is 0.107 e. The summed E-state index contributed by atoms with van der Waals surface area (Å²) in [7, 11) is 2.12. The SMILES string of the molecule is CN(Cc1ccc(Cl)cc1)Cc1csc(CNC2CC2)n1. The second kappa shape index (κ2) is 6.88. The van der Waals surface area contributed by atoms with Crippen LogP contribution in [0.3, 0.4) is 0 Å². The number of hydrogen-bond acceptors (Lipinski definition) is 4. The van der Waals surface area contributed by atoms with E-state index in [1.165, 1.54) is 23.4 Å². The zero-order chi connectivity index (χ0) is 14.7. The fourth-order valence-electron chi connectivity index (χ4n) is 2.26. The van der Waals surface area contributed by atoms with Crippen molar-refractivity contribution < 1.29 is 0 Å². The first kappa shape index (κ1) is 15.0. The van der Waals surface area contributed by atoms with Crippen molar-refractivity contribution in [1.82, 2.24) is 15.2 Å². The van der Waals surface area contributed by atoms with Crippen LogP contribution in [0.15, 0.2) is 29.6 Å². The van der Waals surface area contributed by atoms with E-state index < -0.39 is 0 Å². The van der Waals surface area contributed by atoms with Crippen LogP contribution in [0.2, 0.25) is 5.02 Å². The molecule has 0 aliphatic heterocycles. The Labute approximate surface area is 135 Å². The standard InChI is InChI=1S/C16H20ClN3S/c1-20(9-12-2-4-13(17)5-3-12)10-15-11-21-16(19-15)8-18-14-6-7-14/h2-5,11,14,18H,6-10H2,1H3. The molecule has 1 fully saturated rings. The molecule has 0 spiro atoms. The van der Waals surface area contributed by atoms with Gasteiger partial charge in [0.1, 0.15) is 5.01 Å². The Morgan fingerprint density at radius 3 is 2.76 bits per heavy atom. The highest BCUT2D eigenvalue weighted by atomic mass is 35.5. The molecule has 0 saturated heterocycles. The fraction of sp³-hybridized carbons (Fsp3) is 0.438. The summed E-state index contributed by atoms with van der Waals surface area (Å²) in [5, 5.41) is 7.65. The average molecular weight is 322 g/mol. The number of nitrogens with zero attached hydrogens (tertiary/aromatic N) is 2. The van der Waals surface area contributed by atoms with Gasteiger partial charge < -0.3 is 5.32 Å². The molecule has 0 atom stereocenters. The monoisotopic (exact) mass is 321 g/mol. The molecule has 3 rings (SSSR count). The molecule has 0 unspecified atom stereocenters. The van der Waals surface area contributed by atoms with Crippen molar-refractivity contribution >= 4 is 22.9 Å². The van der Waals surface area contributed by atoms with Gasteiger partial charge in [-0.05, 0) is 37.6 Å². The van der Waals surface area contributed by atoms with Crippen molar-refractivity contribution in [2.45, 2.75) is 38.5 Å². The van der Waals surface area contributed by atoms with E-state index >= 15 is 0 Å². The van der Waals surface area contributed by atoms with Gasteiger partial charge in [0.25, 0.3) is 0 Å². The third-order valence-electron chi connectivity index (χ3n) is 3.52. The zero-order valence-corrected chi connectivity index (χ0v) is 13.8. The highest BCUT2D eigenvalue weighted by Crippen LogP contribution is 2.20. The van der Waals surface area contributed by atoms with E-state index in [1.54, 1.807) is 11.3 Å². The summed E-state index contributed by atoms with van der Waals surface area (Å²) >= 11 is 7.66. The summed E-state index contributed by atoms with van der Waals surface area (Å²) in [5.41, 5.74) is 2.43. The van der Waals surface area contributed by atoms with Gasteiger partial charge in [0, 0.05) is 36.1 Å². The minimum absolute atomic E-state index is 0.741. The molecule has 1 N–H and O–H groups in total. The Morgan fingerprint density at radius 1 is 1.29 bits per heavy atom. The Hall–Kier alpha value is -0.940. The minimum Gasteiger partial charge on any atom is -0.308 e. The Balaban J connectivity index is 1.49. The third-order valence-corrected chi connectivity index (χ3v) is 4.67. The summed E-state index contributed by atoms with van der Waals surface area (Å²) in [6.45, 7) is 2.70. The van der Waals surface area contributed by atoms with E-state index in [0.717, 1.165) is 36.4 Å². The predicted molar refractivity (Wildman–Crippen MR) is 88.6 cm³/mol. The van der Waals surface area contributed by atoms with Crippen molar-refractivity contribution in [3.05, 3.63) is 50.9 Å². The summed E-state index contributed by atoms with van der Waals surface area (Å²) < 4.78 is 0. The van der Waals surface area contributed by atoms with Crippen LogP contribution in [-0.2, 0) is 19.6 Å². The molecule has 1 aromatic carbocycles. The number of benzene rings is 1. The zero-order valence-electron chi connectivity index (χ0n) is 12.2. The third kappa shape index (κ3) is 4.78. The number of nitrogens with one attached hydrogen (secondary N) is 1. The highest BCUT2D eigenvalue weighted by Gasteiger charge is 2.20. The van der Waals surface area contributed by atoms with Gasteiger partial charge in [-0.2, -0.15) is 0 Å². The molecule has 2 aromatic rings. The van der Waals surface area contributed by atoms with Gasteiger partial charge >= 0.3 is 0 Å². The lowest BCUT2D eigenvalue weighted by molar-refractivity contribution is 0.315. The van der Waals surface area contributed by atoms with E-state index in [9.17, 15) is 0 Å². The van der Waals surface area contributed by atoms with Gasteiger partial charge in [-0.3, -0.25) is 4.90 Å². The van der Waals surface area contributed by atoms with Crippen LogP contribution in [0, 0.1) is 0 Å². The number of rotatable bonds is 7. The highest BCUT2D eigenvalue weighted by molar-refractivity contribution is 7.09. The molecule has 5 heteroatoms. The Bertz CT molecular complexity index is 577. The molecule has 1 aliphatic rings. The van der Waals surface area contributed by atoms with Gasteiger partial charge in [-0.15, -0.1) is 11.3 Å². The van der Waals surface area contributed by atoms with Crippen molar-refractivity contribution in [3.8, 4) is 0 Å². The molecule has 1 saturated carbocycles. The van der Waals surface area contributed by atoms with Crippen molar-refractivity contribution in [1.29, 1.82) is 0 Å². The Morgan fingerprint density at radius 2 is 2.05 bits per heavy atom. The first-order chi connectivity index (χ1) is 10.2. The van der Waals surface area contributed by atoms with E-state index in [4.69, 9.17) is 16.6 Å². The average Bonchev–Trinajstić information content (AvgIpc) is 3.19. The maximum Gasteiger partial charge on any atom is 0.107 e. The number of halogens is 1. The summed E-state index contributed by atoms with van der Waals surface area (Å²) in [5.74, 6) is 0. The molecule has 3 nitrogen and oxygen atoms in total. The second-order valence-electron chi connectivity index (χ2n) is 5.69. The van der Waals surface area contributed by atoms with Gasteiger partial charge in [0.05, 0.1) is 5.69 Å². The summed E-state index contributed by atoms with van der Waals surface area (Å²) in [6, 6.07) is 8.77. The lowest BCUT2D eigenvalue weighted by Gasteiger charge is -2.15. The lowest BCUT2D eigenvalue weighted by Crippen LogP contribution is -2.18. The molecule has 0 amide bonds. The second-order valence-corrected chi connectivity index (χ2v) is 7.07. The van der Waals surface area contributed by atoms with E-state index in [1.807, 2.05) is 12.1 Å². The molecule has 112 valence electrons. The maximum absolute atomic E-state index is 5.91. The van der Waals surface area contributed by atoms with Crippen molar-refractivity contribution in [2.75, 3.05) is 7.05 Å². The fourth-order valence-corrected chi connectivity index (χ4v) is 3.12. The summed E-state index contributed by atoms with van der Waals surface area (Å²) in [6.07, 6.45) is 2.64.